The highest BCUT2D eigenvalue weighted by Gasteiger charge is 2.37. The minimum atomic E-state index is -4.48. The standard InChI is InChI=1S/C31H27F3N6O2/c1-19-14-25(38-28(15-19)39-27-16-21(8-11-35-27)31(32,33)34)20-6-7-26(37-17-20)30(42)9-12-40(13-10-30)29(41)23-18-36-24-5-3-2-4-22(23)24/h2-8,11,14-18,36,42H,9-10,12-13H2,1H3,(H,35,38,39). The van der Waals surface area contributed by atoms with E-state index in [1.54, 1.807) is 35.5 Å². The maximum atomic E-state index is 13.2. The number of aromatic nitrogens is 4. The van der Waals surface area contributed by atoms with Crippen molar-refractivity contribution in [3.05, 3.63) is 102 Å². The Labute approximate surface area is 239 Å². The highest BCUT2D eigenvalue weighted by Crippen LogP contribution is 2.34. The summed E-state index contributed by atoms with van der Waals surface area (Å²) in [6, 6.07) is 16.6. The van der Waals surface area contributed by atoms with Crippen molar-refractivity contribution in [3.8, 4) is 11.3 Å². The number of hydrogen-bond donors (Lipinski definition) is 3. The molecule has 0 bridgehead atoms. The molecule has 8 nitrogen and oxygen atoms in total. The Morgan fingerprint density at radius 3 is 2.55 bits per heavy atom. The number of nitrogens with one attached hydrogen (secondary N) is 2. The summed E-state index contributed by atoms with van der Waals surface area (Å²) < 4.78 is 39.3. The molecule has 42 heavy (non-hydrogen) atoms. The number of H-pyrrole nitrogens is 1. The third kappa shape index (κ3) is 5.42. The molecule has 4 aromatic heterocycles. The number of likely N-dealkylation sites (tertiary alicyclic amines) is 1. The number of para-hydroxylation sites is 1. The number of rotatable bonds is 5. The second-order valence-corrected chi connectivity index (χ2v) is 10.5. The number of piperidine rings is 1. The number of alkyl halides is 3. The monoisotopic (exact) mass is 572 g/mol. The van der Waals surface area contributed by atoms with E-state index in [1.165, 1.54) is 0 Å². The zero-order valence-electron chi connectivity index (χ0n) is 22.6. The average molecular weight is 573 g/mol. The van der Waals surface area contributed by atoms with Gasteiger partial charge in [-0.05, 0) is 67.8 Å². The minimum absolute atomic E-state index is 0.0269. The summed E-state index contributed by atoms with van der Waals surface area (Å²) in [4.78, 5) is 31.1. The van der Waals surface area contributed by atoms with Gasteiger partial charge in [0.1, 0.15) is 17.2 Å². The Bertz CT molecular complexity index is 1760. The van der Waals surface area contributed by atoms with Gasteiger partial charge in [-0.2, -0.15) is 13.2 Å². The second kappa shape index (κ2) is 10.6. The normalized spacial score (nSPS) is 15.1. The highest BCUT2D eigenvalue weighted by molar-refractivity contribution is 6.06. The second-order valence-electron chi connectivity index (χ2n) is 10.5. The van der Waals surface area contributed by atoms with E-state index in [1.807, 2.05) is 37.3 Å². The van der Waals surface area contributed by atoms with Gasteiger partial charge >= 0.3 is 6.18 Å². The lowest BCUT2D eigenvalue weighted by Crippen LogP contribution is -2.45. The van der Waals surface area contributed by atoms with E-state index < -0.39 is 17.3 Å². The van der Waals surface area contributed by atoms with Gasteiger partial charge in [0, 0.05) is 48.1 Å². The number of benzene rings is 1. The van der Waals surface area contributed by atoms with E-state index in [4.69, 9.17) is 0 Å². The summed E-state index contributed by atoms with van der Waals surface area (Å²) in [6.45, 7) is 2.62. The molecule has 0 spiro atoms. The van der Waals surface area contributed by atoms with Gasteiger partial charge in [-0.3, -0.25) is 9.78 Å². The van der Waals surface area contributed by atoms with Crippen LogP contribution in [0.5, 0.6) is 0 Å². The number of aromatic amines is 1. The first-order chi connectivity index (χ1) is 20.1. The van der Waals surface area contributed by atoms with Crippen molar-refractivity contribution in [2.75, 3.05) is 18.4 Å². The Morgan fingerprint density at radius 1 is 1.02 bits per heavy atom. The minimum Gasteiger partial charge on any atom is -0.383 e. The molecule has 0 saturated carbocycles. The summed E-state index contributed by atoms with van der Waals surface area (Å²) in [7, 11) is 0. The van der Waals surface area contributed by atoms with Crippen molar-refractivity contribution in [2.45, 2.75) is 31.5 Å². The molecule has 1 amide bonds. The third-order valence-corrected chi connectivity index (χ3v) is 7.55. The van der Waals surface area contributed by atoms with Crippen LogP contribution in [0, 0.1) is 6.92 Å². The fourth-order valence-electron chi connectivity index (χ4n) is 5.26. The Hall–Kier alpha value is -4.77. The van der Waals surface area contributed by atoms with E-state index in [2.05, 4.69) is 25.3 Å². The molecule has 1 aromatic carbocycles. The summed E-state index contributed by atoms with van der Waals surface area (Å²) >= 11 is 0. The molecule has 0 aliphatic carbocycles. The lowest BCUT2D eigenvalue weighted by Gasteiger charge is -2.37. The molecule has 1 saturated heterocycles. The van der Waals surface area contributed by atoms with Gasteiger partial charge < -0.3 is 20.3 Å². The molecule has 11 heteroatoms. The first kappa shape index (κ1) is 27.4. The summed E-state index contributed by atoms with van der Waals surface area (Å²) in [6.07, 6.45) is 0.640. The van der Waals surface area contributed by atoms with Crippen molar-refractivity contribution >= 4 is 28.4 Å². The predicted octanol–water partition coefficient (Wildman–Crippen LogP) is 6.21. The summed E-state index contributed by atoms with van der Waals surface area (Å²) in [5, 5.41) is 15.1. The van der Waals surface area contributed by atoms with Crippen LogP contribution in [0.15, 0.2) is 79.3 Å². The molecule has 0 radical (unpaired) electrons. The van der Waals surface area contributed by atoms with Gasteiger partial charge in [0.05, 0.1) is 22.5 Å². The van der Waals surface area contributed by atoms with Crippen molar-refractivity contribution in [1.29, 1.82) is 0 Å². The summed E-state index contributed by atoms with van der Waals surface area (Å²) in [5.74, 6) is 0.291. The van der Waals surface area contributed by atoms with Crippen LogP contribution in [0.25, 0.3) is 22.2 Å². The molecular weight excluding hydrogens is 545 g/mol. The van der Waals surface area contributed by atoms with Gasteiger partial charge in [0.15, 0.2) is 0 Å². The number of carbonyl (C=O) groups is 1. The third-order valence-electron chi connectivity index (χ3n) is 7.55. The molecular formula is C31H27F3N6O2. The van der Waals surface area contributed by atoms with Crippen LogP contribution in [0.1, 0.15) is 40.0 Å². The molecule has 214 valence electrons. The van der Waals surface area contributed by atoms with Crippen LogP contribution in [-0.2, 0) is 11.8 Å². The van der Waals surface area contributed by atoms with Gasteiger partial charge in [0.25, 0.3) is 5.91 Å². The molecule has 3 N–H and O–H groups in total. The molecule has 1 aliphatic heterocycles. The Morgan fingerprint density at radius 2 is 1.81 bits per heavy atom. The molecule has 1 fully saturated rings. The molecule has 5 heterocycles. The summed E-state index contributed by atoms with van der Waals surface area (Å²) in [5.41, 5.74) is 2.11. The van der Waals surface area contributed by atoms with Crippen LogP contribution in [0.4, 0.5) is 24.8 Å². The molecule has 0 atom stereocenters. The van der Waals surface area contributed by atoms with Gasteiger partial charge in [-0.1, -0.05) is 18.2 Å². The molecule has 1 aliphatic rings. The zero-order valence-corrected chi connectivity index (χ0v) is 22.6. The molecule has 6 rings (SSSR count). The van der Waals surface area contributed by atoms with Crippen LogP contribution in [0.2, 0.25) is 0 Å². The van der Waals surface area contributed by atoms with Crippen molar-refractivity contribution < 1.29 is 23.1 Å². The van der Waals surface area contributed by atoms with E-state index in [0.717, 1.165) is 34.8 Å². The largest absolute Gasteiger partial charge is 0.416 e. The number of nitrogens with zero attached hydrogens (tertiary/aromatic N) is 4. The van der Waals surface area contributed by atoms with Gasteiger partial charge in [-0.25, -0.2) is 9.97 Å². The number of halogens is 3. The maximum absolute atomic E-state index is 13.2. The van der Waals surface area contributed by atoms with E-state index >= 15 is 0 Å². The van der Waals surface area contributed by atoms with Crippen LogP contribution in [-0.4, -0.2) is 48.9 Å². The van der Waals surface area contributed by atoms with E-state index in [0.29, 0.717) is 54.3 Å². The number of aryl methyl sites for hydroxylation is 1. The lowest BCUT2D eigenvalue weighted by atomic mass is 9.87. The van der Waals surface area contributed by atoms with Crippen molar-refractivity contribution in [1.82, 2.24) is 24.8 Å². The number of amides is 1. The van der Waals surface area contributed by atoms with Crippen LogP contribution < -0.4 is 5.32 Å². The first-order valence-corrected chi connectivity index (χ1v) is 13.4. The SMILES string of the molecule is Cc1cc(Nc2cc(C(F)(F)F)ccn2)nc(-c2ccc(C3(O)CCN(C(=O)c4c[nH]c5ccccc45)CC3)nc2)c1. The number of fused-ring (bicyclic) bond motifs is 1. The highest BCUT2D eigenvalue weighted by atomic mass is 19.4. The van der Waals surface area contributed by atoms with Crippen LogP contribution >= 0.6 is 0 Å². The quantitative estimate of drug-likeness (QED) is 0.231. The van der Waals surface area contributed by atoms with E-state index in [-0.39, 0.29) is 11.7 Å². The van der Waals surface area contributed by atoms with Crippen LogP contribution in [0.3, 0.4) is 0 Å². The maximum Gasteiger partial charge on any atom is 0.416 e. The average Bonchev–Trinajstić information content (AvgIpc) is 3.41. The number of aliphatic hydroxyl groups is 1. The smallest absolute Gasteiger partial charge is 0.383 e. The van der Waals surface area contributed by atoms with E-state index in [9.17, 15) is 23.1 Å². The molecule has 5 aromatic rings. The first-order valence-electron chi connectivity index (χ1n) is 13.4. The zero-order chi connectivity index (χ0) is 29.5. The topological polar surface area (TPSA) is 107 Å². The fraction of sp³-hybridized carbons (Fsp3) is 0.226. The number of anilines is 2. The number of carbonyl (C=O) groups excluding carboxylic acids is 1. The Kier molecular flexibility index (Phi) is 6.90. The fourth-order valence-corrected chi connectivity index (χ4v) is 5.26. The van der Waals surface area contributed by atoms with Gasteiger partial charge in [-0.15, -0.1) is 0 Å². The molecule has 0 unspecified atom stereocenters. The lowest BCUT2D eigenvalue weighted by molar-refractivity contribution is -0.137. The van der Waals surface area contributed by atoms with Gasteiger partial charge in [0.2, 0.25) is 0 Å². The number of hydrogen-bond acceptors (Lipinski definition) is 6. The van der Waals surface area contributed by atoms with Crippen molar-refractivity contribution in [3.63, 3.8) is 0 Å². The predicted molar refractivity (Wildman–Crippen MR) is 152 cm³/mol. The Balaban J connectivity index is 1.15. The van der Waals surface area contributed by atoms with Crippen molar-refractivity contribution in [2.24, 2.45) is 0 Å². The number of pyridine rings is 3.